The van der Waals surface area contributed by atoms with Gasteiger partial charge in [-0.2, -0.15) is 0 Å². The monoisotopic (exact) mass is 393 g/mol. The summed E-state index contributed by atoms with van der Waals surface area (Å²) in [5, 5.41) is 3.07. The first kappa shape index (κ1) is 20.3. The van der Waals surface area contributed by atoms with E-state index in [1.165, 1.54) is 41.0 Å². The minimum absolute atomic E-state index is 0.0379. The van der Waals surface area contributed by atoms with E-state index in [0.717, 1.165) is 19.6 Å². The SMILES string of the molecule is CS(=O)(=O)N1CCC(C(=O)NCc2ccccc2CN2CCCCC2)CC1. The third-order valence-corrected chi connectivity index (χ3v) is 7.01. The molecule has 1 amide bonds. The third-order valence-electron chi connectivity index (χ3n) is 5.71. The van der Waals surface area contributed by atoms with Gasteiger partial charge in [-0.05, 0) is 49.9 Å². The summed E-state index contributed by atoms with van der Waals surface area (Å²) in [4.78, 5) is 15.0. The number of piperidine rings is 2. The van der Waals surface area contributed by atoms with Gasteiger partial charge in [0.1, 0.15) is 0 Å². The van der Waals surface area contributed by atoms with Gasteiger partial charge in [0.05, 0.1) is 6.26 Å². The van der Waals surface area contributed by atoms with E-state index < -0.39 is 10.0 Å². The highest BCUT2D eigenvalue weighted by Gasteiger charge is 2.28. The molecule has 6 nitrogen and oxygen atoms in total. The second kappa shape index (κ2) is 9.17. The van der Waals surface area contributed by atoms with Crippen molar-refractivity contribution in [1.82, 2.24) is 14.5 Å². The van der Waals surface area contributed by atoms with Crippen molar-refractivity contribution in [2.24, 2.45) is 5.92 Å². The maximum absolute atomic E-state index is 12.5. The topological polar surface area (TPSA) is 69.7 Å². The fourth-order valence-corrected chi connectivity index (χ4v) is 4.89. The van der Waals surface area contributed by atoms with Gasteiger partial charge in [-0.25, -0.2) is 12.7 Å². The highest BCUT2D eigenvalue weighted by Crippen LogP contribution is 2.20. The van der Waals surface area contributed by atoms with E-state index in [-0.39, 0.29) is 11.8 Å². The van der Waals surface area contributed by atoms with Crippen LogP contribution in [0.1, 0.15) is 43.2 Å². The lowest BCUT2D eigenvalue weighted by Crippen LogP contribution is -2.42. The average Bonchev–Trinajstić information content (AvgIpc) is 2.67. The van der Waals surface area contributed by atoms with Crippen LogP contribution in [0, 0.1) is 5.92 Å². The molecule has 0 saturated carbocycles. The summed E-state index contributed by atoms with van der Waals surface area (Å²) >= 11 is 0. The Morgan fingerprint density at radius 3 is 2.30 bits per heavy atom. The number of sulfonamides is 1. The fraction of sp³-hybridized carbons (Fsp3) is 0.650. The summed E-state index contributed by atoms with van der Waals surface area (Å²) < 4.78 is 24.7. The molecule has 0 spiro atoms. The average molecular weight is 394 g/mol. The number of rotatable bonds is 6. The van der Waals surface area contributed by atoms with Gasteiger partial charge in [0.15, 0.2) is 0 Å². The largest absolute Gasteiger partial charge is 0.352 e. The van der Waals surface area contributed by atoms with Crippen LogP contribution in [0.3, 0.4) is 0 Å². The zero-order valence-electron chi connectivity index (χ0n) is 16.2. The molecule has 7 heteroatoms. The number of nitrogens with one attached hydrogen (secondary N) is 1. The van der Waals surface area contributed by atoms with Crippen LogP contribution in [0.2, 0.25) is 0 Å². The molecule has 1 aromatic rings. The van der Waals surface area contributed by atoms with E-state index >= 15 is 0 Å². The Morgan fingerprint density at radius 2 is 1.67 bits per heavy atom. The van der Waals surface area contributed by atoms with Gasteiger partial charge in [-0.3, -0.25) is 9.69 Å². The molecule has 2 aliphatic rings. The number of benzene rings is 1. The van der Waals surface area contributed by atoms with Crippen LogP contribution in [-0.2, 0) is 27.9 Å². The minimum Gasteiger partial charge on any atom is -0.352 e. The predicted molar refractivity (Wildman–Crippen MR) is 107 cm³/mol. The Bertz CT molecular complexity index is 737. The molecule has 0 aromatic heterocycles. The van der Waals surface area contributed by atoms with Gasteiger partial charge in [0.25, 0.3) is 0 Å². The Balaban J connectivity index is 1.52. The highest BCUT2D eigenvalue weighted by molar-refractivity contribution is 7.88. The lowest BCUT2D eigenvalue weighted by molar-refractivity contribution is -0.126. The number of nitrogens with zero attached hydrogens (tertiary/aromatic N) is 2. The third kappa shape index (κ3) is 5.77. The van der Waals surface area contributed by atoms with Crippen molar-refractivity contribution in [2.75, 3.05) is 32.4 Å². The van der Waals surface area contributed by atoms with E-state index in [1.54, 1.807) is 0 Å². The molecule has 0 radical (unpaired) electrons. The highest BCUT2D eigenvalue weighted by atomic mass is 32.2. The van der Waals surface area contributed by atoms with Crippen molar-refractivity contribution in [3.05, 3.63) is 35.4 Å². The number of amides is 1. The first-order valence-electron chi connectivity index (χ1n) is 9.95. The van der Waals surface area contributed by atoms with E-state index in [0.29, 0.717) is 32.5 Å². The van der Waals surface area contributed by atoms with Crippen LogP contribution in [0.15, 0.2) is 24.3 Å². The first-order valence-corrected chi connectivity index (χ1v) is 11.8. The van der Waals surface area contributed by atoms with Crippen LogP contribution in [0.4, 0.5) is 0 Å². The number of hydrogen-bond donors (Lipinski definition) is 1. The number of likely N-dealkylation sites (tertiary alicyclic amines) is 1. The van der Waals surface area contributed by atoms with Gasteiger partial charge < -0.3 is 5.32 Å². The molecule has 0 atom stereocenters. The quantitative estimate of drug-likeness (QED) is 0.802. The van der Waals surface area contributed by atoms with E-state index in [2.05, 4.69) is 28.4 Å². The van der Waals surface area contributed by atoms with Crippen molar-refractivity contribution in [3.63, 3.8) is 0 Å². The zero-order valence-corrected chi connectivity index (χ0v) is 17.0. The van der Waals surface area contributed by atoms with E-state index in [4.69, 9.17) is 0 Å². The summed E-state index contributed by atoms with van der Waals surface area (Å²) in [6, 6.07) is 8.32. The Hall–Kier alpha value is -1.44. The van der Waals surface area contributed by atoms with Crippen LogP contribution in [-0.4, -0.2) is 56.0 Å². The van der Waals surface area contributed by atoms with Gasteiger partial charge in [-0.1, -0.05) is 30.7 Å². The molecular weight excluding hydrogens is 362 g/mol. The van der Waals surface area contributed by atoms with Crippen molar-refractivity contribution >= 4 is 15.9 Å². The maximum Gasteiger partial charge on any atom is 0.223 e. The molecule has 2 saturated heterocycles. The second-order valence-corrected chi connectivity index (χ2v) is 9.74. The van der Waals surface area contributed by atoms with Crippen molar-refractivity contribution in [2.45, 2.75) is 45.2 Å². The molecule has 0 aliphatic carbocycles. The summed E-state index contributed by atoms with van der Waals surface area (Å²) in [6.45, 7) is 4.65. The molecule has 150 valence electrons. The standard InChI is InChI=1S/C20H31N3O3S/c1-27(25,26)23-13-9-17(10-14-23)20(24)21-15-18-7-3-4-8-19(18)16-22-11-5-2-6-12-22/h3-4,7-8,17H,2,5-6,9-16H2,1H3,(H,21,24). The molecule has 2 aliphatic heterocycles. The summed E-state index contributed by atoms with van der Waals surface area (Å²) in [7, 11) is -3.15. The van der Waals surface area contributed by atoms with E-state index in [1.807, 2.05) is 6.07 Å². The normalized spacial score (nSPS) is 20.5. The molecule has 1 N–H and O–H groups in total. The smallest absolute Gasteiger partial charge is 0.223 e. The maximum atomic E-state index is 12.5. The van der Waals surface area contributed by atoms with Gasteiger partial charge in [-0.15, -0.1) is 0 Å². The number of carbonyl (C=O) groups is 1. The molecule has 0 unspecified atom stereocenters. The zero-order chi connectivity index (χ0) is 19.3. The lowest BCUT2D eigenvalue weighted by Gasteiger charge is -2.29. The molecule has 2 fully saturated rings. The molecule has 0 bridgehead atoms. The van der Waals surface area contributed by atoms with Gasteiger partial charge >= 0.3 is 0 Å². The van der Waals surface area contributed by atoms with Crippen LogP contribution < -0.4 is 5.32 Å². The van der Waals surface area contributed by atoms with Crippen molar-refractivity contribution < 1.29 is 13.2 Å². The van der Waals surface area contributed by atoms with Gasteiger partial charge in [0.2, 0.25) is 15.9 Å². The molecule has 1 aromatic carbocycles. The number of carbonyl (C=O) groups excluding carboxylic acids is 1. The molecule has 27 heavy (non-hydrogen) atoms. The Kier molecular flexibility index (Phi) is 6.89. The van der Waals surface area contributed by atoms with Crippen LogP contribution in [0.25, 0.3) is 0 Å². The fourth-order valence-electron chi connectivity index (χ4n) is 4.02. The van der Waals surface area contributed by atoms with Crippen LogP contribution >= 0.6 is 0 Å². The molecule has 2 heterocycles. The number of hydrogen-bond acceptors (Lipinski definition) is 4. The Labute approximate surface area is 163 Å². The predicted octanol–water partition coefficient (Wildman–Crippen LogP) is 1.96. The van der Waals surface area contributed by atoms with Crippen molar-refractivity contribution in [3.8, 4) is 0 Å². The minimum atomic E-state index is -3.15. The second-order valence-electron chi connectivity index (χ2n) is 7.76. The molecule has 3 rings (SSSR count). The Morgan fingerprint density at radius 1 is 1.04 bits per heavy atom. The first-order chi connectivity index (χ1) is 12.9. The van der Waals surface area contributed by atoms with Gasteiger partial charge in [0, 0.05) is 32.1 Å². The van der Waals surface area contributed by atoms with Crippen LogP contribution in [0.5, 0.6) is 0 Å². The summed E-state index contributed by atoms with van der Waals surface area (Å²) in [6.07, 6.45) is 6.28. The summed E-state index contributed by atoms with van der Waals surface area (Å²) in [5.74, 6) is -0.0619. The lowest BCUT2D eigenvalue weighted by atomic mass is 9.97. The van der Waals surface area contributed by atoms with E-state index in [9.17, 15) is 13.2 Å². The van der Waals surface area contributed by atoms with Crippen molar-refractivity contribution in [1.29, 1.82) is 0 Å². The summed E-state index contributed by atoms with van der Waals surface area (Å²) in [5.41, 5.74) is 2.46. The molecular formula is C20H31N3O3S.